The van der Waals surface area contributed by atoms with E-state index in [0.717, 1.165) is 33.7 Å². The van der Waals surface area contributed by atoms with Crippen LogP contribution in [0, 0.1) is 13.8 Å². The standard InChI is InChI=1S/C25H30N4O4/c1-16-8-9-29-21(14-19-15-28(10-11-33-19)25(31)32-5)23(26-22(29)12-16)20-7-6-18(13-17(20)2)24(30)27(3)4/h6-9,12-13,19H,10-11,14-15H2,1-5H3/t19-/m0/s1. The summed E-state index contributed by atoms with van der Waals surface area (Å²) in [7, 11) is 4.89. The molecule has 0 spiro atoms. The summed E-state index contributed by atoms with van der Waals surface area (Å²) >= 11 is 0. The van der Waals surface area contributed by atoms with Gasteiger partial charge in [0.1, 0.15) is 5.65 Å². The number of pyridine rings is 1. The molecular formula is C25H30N4O4. The number of nitrogens with zero attached hydrogens (tertiary/aromatic N) is 4. The van der Waals surface area contributed by atoms with E-state index in [0.29, 0.717) is 31.7 Å². The number of carbonyl (C=O) groups is 2. The molecule has 0 bridgehead atoms. The number of hydrogen-bond donors (Lipinski definition) is 0. The summed E-state index contributed by atoms with van der Waals surface area (Å²) in [6, 6.07) is 9.82. The van der Waals surface area contributed by atoms with Gasteiger partial charge in [-0.15, -0.1) is 0 Å². The van der Waals surface area contributed by atoms with Crippen molar-refractivity contribution in [2.24, 2.45) is 0 Å². The largest absolute Gasteiger partial charge is 0.453 e. The highest BCUT2D eigenvalue weighted by molar-refractivity contribution is 5.94. The van der Waals surface area contributed by atoms with Crippen LogP contribution in [-0.2, 0) is 15.9 Å². The van der Waals surface area contributed by atoms with Gasteiger partial charge in [0.15, 0.2) is 0 Å². The first-order valence-electron chi connectivity index (χ1n) is 11.0. The Hall–Kier alpha value is -3.39. The Kier molecular flexibility index (Phi) is 6.37. The lowest BCUT2D eigenvalue weighted by Gasteiger charge is -2.32. The Morgan fingerprint density at radius 1 is 1.21 bits per heavy atom. The fourth-order valence-corrected chi connectivity index (χ4v) is 4.28. The SMILES string of the molecule is COC(=O)N1CCO[C@@H](Cc2c(-c3ccc(C(=O)N(C)C)cc3C)nc3cc(C)ccn23)C1. The highest BCUT2D eigenvalue weighted by atomic mass is 16.5. The van der Waals surface area contributed by atoms with Gasteiger partial charge in [0.25, 0.3) is 5.91 Å². The summed E-state index contributed by atoms with van der Waals surface area (Å²) in [5.74, 6) is -0.0333. The van der Waals surface area contributed by atoms with Crippen LogP contribution in [0.1, 0.15) is 27.2 Å². The van der Waals surface area contributed by atoms with Crippen molar-refractivity contribution < 1.29 is 19.1 Å². The molecule has 2 aromatic heterocycles. The predicted molar refractivity (Wildman–Crippen MR) is 126 cm³/mol. The highest BCUT2D eigenvalue weighted by Gasteiger charge is 2.28. The van der Waals surface area contributed by atoms with Crippen molar-refractivity contribution in [2.75, 3.05) is 40.9 Å². The zero-order valence-electron chi connectivity index (χ0n) is 19.8. The lowest BCUT2D eigenvalue weighted by atomic mass is 9.99. The Balaban J connectivity index is 1.74. The van der Waals surface area contributed by atoms with Crippen molar-refractivity contribution in [2.45, 2.75) is 26.4 Å². The van der Waals surface area contributed by atoms with Gasteiger partial charge in [-0.3, -0.25) is 4.79 Å². The Bertz CT molecular complexity index is 1200. The highest BCUT2D eigenvalue weighted by Crippen LogP contribution is 2.30. The normalized spacial score (nSPS) is 16.2. The number of benzene rings is 1. The van der Waals surface area contributed by atoms with Crippen molar-refractivity contribution in [3.05, 3.63) is 58.9 Å². The van der Waals surface area contributed by atoms with Crippen molar-refractivity contribution in [3.8, 4) is 11.3 Å². The first-order valence-corrected chi connectivity index (χ1v) is 11.0. The number of ether oxygens (including phenoxy) is 2. The van der Waals surface area contributed by atoms with Crippen LogP contribution in [0.4, 0.5) is 4.79 Å². The van der Waals surface area contributed by atoms with Crippen molar-refractivity contribution in [3.63, 3.8) is 0 Å². The van der Waals surface area contributed by atoms with Crippen LogP contribution in [0.2, 0.25) is 0 Å². The van der Waals surface area contributed by atoms with Crippen LogP contribution in [0.15, 0.2) is 36.5 Å². The van der Waals surface area contributed by atoms with Gasteiger partial charge in [-0.1, -0.05) is 6.07 Å². The summed E-state index contributed by atoms with van der Waals surface area (Å²) in [6.45, 7) is 5.48. The zero-order valence-corrected chi connectivity index (χ0v) is 19.8. The number of hydrogen-bond acceptors (Lipinski definition) is 5. The molecule has 1 saturated heterocycles. The third-order valence-corrected chi connectivity index (χ3v) is 6.01. The molecule has 1 atom stereocenters. The number of imidazole rings is 1. The van der Waals surface area contributed by atoms with Gasteiger partial charge >= 0.3 is 6.09 Å². The van der Waals surface area contributed by atoms with Gasteiger partial charge < -0.3 is 23.7 Å². The summed E-state index contributed by atoms with van der Waals surface area (Å²) < 4.78 is 13.0. The average molecular weight is 451 g/mol. The molecule has 0 saturated carbocycles. The van der Waals surface area contributed by atoms with Gasteiger partial charge in [0.05, 0.1) is 37.8 Å². The van der Waals surface area contributed by atoms with E-state index in [1.54, 1.807) is 23.9 Å². The molecule has 1 fully saturated rings. The van der Waals surface area contributed by atoms with Gasteiger partial charge in [-0.05, 0) is 49.2 Å². The summed E-state index contributed by atoms with van der Waals surface area (Å²) in [6.07, 6.45) is 2.10. The summed E-state index contributed by atoms with van der Waals surface area (Å²) in [5, 5.41) is 0. The minimum Gasteiger partial charge on any atom is -0.453 e. The molecule has 1 aliphatic rings. The van der Waals surface area contributed by atoms with Crippen molar-refractivity contribution in [1.82, 2.24) is 19.2 Å². The van der Waals surface area contributed by atoms with E-state index < -0.39 is 0 Å². The fraction of sp³-hybridized carbons (Fsp3) is 0.400. The molecule has 1 aromatic carbocycles. The second-order valence-electron chi connectivity index (χ2n) is 8.68. The number of fused-ring (bicyclic) bond motifs is 1. The second kappa shape index (κ2) is 9.23. The van der Waals surface area contributed by atoms with Crippen LogP contribution in [0.25, 0.3) is 16.9 Å². The van der Waals surface area contributed by atoms with Crippen LogP contribution in [0.5, 0.6) is 0 Å². The monoisotopic (exact) mass is 450 g/mol. The number of carbonyl (C=O) groups excluding carboxylic acids is 2. The Morgan fingerprint density at radius 2 is 2.00 bits per heavy atom. The van der Waals surface area contributed by atoms with Gasteiger partial charge in [-0.2, -0.15) is 0 Å². The molecule has 4 rings (SSSR count). The minimum atomic E-state index is -0.339. The minimum absolute atomic E-state index is 0.0333. The molecule has 0 unspecified atom stereocenters. The van der Waals surface area contributed by atoms with Crippen LogP contribution < -0.4 is 0 Å². The van der Waals surface area contributed by atoms with Crippen LogP contribution >= 0.6 is 0 Å². The number of aryl methyl sites for hydroxylation is 2. The molecule has 0 radical (unpaired) electrons. The van der Waals surface area contributed by atoms with E-state index in [4.69, 9.17) is 14.5 Å². The molecule has 3 aromatic rings. The lowest BCUT2D eigenvalue weighted by Crippen LogP contribution is -2.46. The Morgan fingerprint density at radius 3 is 2.70 bits per heavy atom. The van der Waals surface area contributed by atoms with Gasteiger partial charge in [0.2, 0.25) is 0 Å². The third kappa shape index (κ3) is 4.57. The number of amides is 2. The number of morpholine rings is 1. The van der Waals surface area contributed by atoms with Gasteiger partial charge in [0, 0.05) is 44.4 Å². The summed E-state index contributed by atoms with van der Waals surface area (Å²) in [5.41, 5.74) is 6.45. The van der Waals surface area contributed by atoms with E-state index in [1.807, 2.05) is 38.2 Å². The number of methoxy groups -OCH3 is 1. The van der Waals surface area contributed by atoms with Crippen LogP contribution in [-0.4, -0.2) is 78.2 Å². The number of aromatic nitrogens is 2. The molecule has 33 heavy (non-hydrogen) atoms. The second-order valence-corrected chi connectivity index (χ2v) is 8.68. The smallest absolute Gasteiger partial charge is 0.409 e. The molecule has 0 aliphatic carbocycles. The maximum atomic E-state index is 12.4. The average Bonchev–Trinajstić information content (AvgIpc) is 3.14. The summed E-state index contributed by atoms with van der Waals surface area (Å²) in [4.78, 5) is 32.6. The van der Waals surface area contributed by atoms with E-state index in [9.17, 15) is 9.59 Å². The Labute approximate surface area is 193 Å². The molecule has 8 nitrogen and oxygen atoms in total. The van der Waals surface area contributed by atoms with E-state index in [2.05, 4.69) is 16.5 Å². The topological polar surface area (TPSA) is 76.4 Å². The van der Waals surface area contributed by atoms with E-state index in [1.165, 1.54) is 7.11 Å². The van der Waals surface area contributed by atoms with Crippen molar-refractivity contribution >= 4 is 17.6 Å². The molecule has 8 heteroatoms. The van der Waals surface area contributed by atoms with Crippen LogP contribution in [0.3, 0.4) is 0 Å². The molecule has 3 heterocycles. The van der Waals surface area contributed by atoms with Gasteiger partial charge in [-0.25, -0.2) is 9.78 Å². The quantitative estimate of drug-likeness (QED) is 0.610. The van der Waals surface area contributed by atoms with Crippen molar-refractivity contribution in [1.29, 1.82) is 0 Å². The molecule has 2 amide bonds. The zero-order chi connectivity index (χ0) is 23.7. The lowest BCUT2D eigenvalue weighted by molar-refractivity contribution is -0.0241. The molecule has 174 valence electrons. The third-order valence-electron chi connectivity index (χ3n) is 6.01. The van der Waals surface area contributed by atoms with E-state index >= 15 is 0 Å². The molecule has 1 aliphatic heterocycles. The first-order chi connectivity index (χ1) is 15.8. The maximum Gasteiger partial charge on any atom is 0.409 e. The number of rotatable bonds is 4. The predicted octanol–water partition coefficient (Wildman–Crippen LogP) is 3.33. The first kappa shape index (κ1) is 22.8. The molecule has 0 N–H and O–H groups in total. The van der Waals surface area contributed by atoms with E-state index in [-0.39, 0.29) is 18.1 Å². The fourth-order valence-electron chi connectivity index (χ4n) is 4.28. The molecular weight excluding hydrogens is 420 g/mol. The maximum absolute atomic E-state index is 12.4.